The molecule has 112 valence electrons. The summed E-state index contributed by atoms with van der Waals surface area (Å²) < 4.78 is 38.4. The minimum Gasteiger partial charge on any atom is -0.510 e. The molecule has 21 heavy (non-hydrogen) atoms. The Morgan fingerprint density at radius 1 is 1.38 bits per heavy atom. The number of nitrogens with zero attached hydrogens (tertiary/aromatic N) is 2. The van der Waals surface area contributed by atoms with Crippen LogP contribution in [0.1, 0.15) is 11.1 Å². The number of hydrogen-bond donors (Lipinski definition) is 1. The minimum atomic E-state index is -4.45. The molecule has 0 radical (unpaired) electrons. The first-order valence-corrected chi connectivity index (χ1v) is 6.13. The minimum absolute atomic E-state index is 0.0140. The van der Waals surface area contributed by atoms with Crippen molar-refractivity contribution >= 4 is 12.1 Å². The van der Waals surface area contributed by atoms with Crippen molar-refractivity contribution in [2.75, 3.05) is 13.6 Å². The smallest absolute Gasteiger partial charge is 0.416 e. The fraction of sp³-hybridized carbons (Fsp3) is 0.286. The van der Waals surface area contributed by atoms with Crippen LogP contribution in [-0.2, 0) is 17.5 Å². The summed E-state index contributed by atoms with van der Waals surface area (Å²) in [5.74, 6) is -0.532. The third kappa shape index (κ3) is 3.24. The molecule has 0 aromatic heterocycles. The number of alkyl halides is 3. The molecule has 2 rings (SSSR count). The maximum atomic E-state index is 12.8. The van der Waals surface area contributed by atoms with Crippen molar-refractivity contribution in [3.8, 4) is 0 Å². The lowest BCUT2D eigenvalue weighted by atomic mass is 10.1. The molecule has 1 aliphatic heterocycles. The Labute approximate surface area is 119 Å². The van der Waals surface area contributed by atoms with Crippen molar-refractivity contribution < 1.29 is 23.1 Å². The number of aliphatic imine (C=N–C) groups is 1. The average Bonchev–Trinajstić information content (AvgIpc) is 2.64. The van der Waals surface area contributed by atoms with Crippen LogP contribution in [0.15, 0.2) is 40.6 Å². The van der Waals surface area contributed by atoms with Crippen molar-refractivity contribution in [2.24, 2.45) is 4.99 Å². The zero-order valence-electron chi connectivity index (χ0n) is 11.2. The number of likely N-dealkylation sites (N-methyl/N-ethyl adjacent to an activating group) is 1. The molecule has 1 aromatic carbocycles. The molecule has 4 nitrogen and oxygen atoms in total. The van der Waals surface area contributed by atoms with Crippen molar-refractivity contribution in [1.29, 1.82) is 0 Å². The molecule has 0 spiro atoms. The molecular formula is C14H13F3N2O2. The van der Waals surface area contributed by atoms with E-state index in [0.717, 1.165) is 12.3 Å². The predicted octanol–water partition coefficient (Wildman–Crippen LogP) is 2.56. The number of rotatable bonds is 3. The Morgan fingerprint density at radius 3 is 2.62 bits per heavy atom. The van der Waals surface area contributed by atoms with Gasteiger partial charge in [0.15, 0.2) is 0 Å². The first-order valence-electron chi connectivity index (χ1n) is 6.13. The molecule has 1 heterocycles. The molecule has 0 atom stereocenters. The quantitative estimate of drug-likeness (QED) is 0.872. The first-order chi connectivity index (χ1) is 9.80. The molecule has 0 fully saturated rings. The van der Waals surface area contributed by atoms with Crippen LogP contribution in [0.2, 0.25) is 0 Å². The number of halogens is 3. The maximum Gasteiger partial charge on any atom is 0.416 e. The normalized spacial score (nSPS) is 16.4. The van der Waals surface area contributed by atoms with Gasteiger partial charge in [-0.25, -0.2) is 0 Å². The van der Waals surface area contributed by atoms with E-state index in [2.05, 4.69) is 4.99 Å². The Balaban J connectivity index is 2.16. The molecule has 1 amide bonds. The van der Waals surface area contributed by atoms with Gasteiger partial charge in [0.25, 0.3) is 5.91 Å². The fourth-order valence-electron chi connectivity index (χ4n) is 2.01. The van der Waals surface area contributed by atoms with Crippen molar-refractivity contribution in [3.05, 3.63) is 46.7 Å². The maximum absolute atomic E-state index is 12.8. The molecule has 0 aliphatic carbocycles. The van der Waals surface area contributed by atoms with E-state index in [1.54, 1.807) is 0 Å². The number of carbonyl (C=O) groups excluding carboxylic acids is 1. The van der Waals surface area contributed by atoms with Gasteiger partial charge in [0.05, 0.1) is 24.2 Å². The van der Waals surface area contributed by atoms with Crippen LogP contribution in [-0.4, -0.2) is 35.7 Å². The molecule has 1 N–H and O–H groups in total. The summed E-state index contributed by atoms with van der Waals surface area (Å²) in [6.07, 6.45) is -3.33. The highest BCUT2D eigenvalue weighted by atomic mass is 19.4. The van der Waals surface area contributed by atoms with Crippen molar-refractivity contribution in [2.45, 2.75) is 12.7 Å². The van der Waals surface area contributed by atoms with E-state index in [1.165, 1.54) is 30.1 Å². The largest absolute Gasteiger partial charge is 0.510 e. The SMILES string of the molecule is CN1CC(O)=C(C=NCc2ccccc2C(F)(F)F)C1=O. The number of aliphatic hydroxyl groups excluding tert-OH is 1. The standard InChI is InChI=1S/C14H13F3N2O2/c1-19-8-12(20)10(13(19)21)7-18-6-9-4-2-3-5-11(9)14(15,16)17/h2-5,7,20H,6,8H2,1H3. The second-order valence-corrected chi connectivity index (χ2v) is 4.65. The van der Waals surface area contributed by atoms with Crippen LogP contribution < -0.4 is 0 Å². The van der Waals surface area contributed by atoms with E-state index < -0.39 is 17.6 Å². The third-order valence-electron chi connectivity index (χ3n) is 3.08. The molecular weight excluding hydrogens is 285 g/mol. The van der Waals surface area contributed by atoms with Crippen LogP contribution in [0.3, 0.4) is 0 Å². The topological polar surface area (TPSA) is 52.9 Å². The summed E-state index contributed by atoms with van der Waals surface area (Å²) in [5, 5.41) is 9.56. The van der Waals surface area contributed by atoms with Gasteiger partial charge in [-0.15, -0.1) is 0 Å². The van der Waals surface area contributed by atoms with Crippen LogP contribution in [0, 0.1) is 0 Å². The number of aliphatic hydroxyl groups is 1. The zero-order chi connectivity index (χ0) is 15.6. The number of benzene rings is 1. The van der Waals surface area contributed by atoms with Crippen molar-refractivity contribution in [1.82, 2.24) is 4.90 Å². The van der Waals surface area contributed by atoms with Crippen LogP contribution >= 0.6 is 0 Å². The van der Waals surface area contributed by atoms with Crippen molar-refractivity contribution in [3.63, 3.8) is 0 Å². The lowest BCUT2D eigenvalue weighted by molar-refractivity contribution is -0.138. The Bertz CT molecular complexity index is 621. The fourth-order valence-corrected chi connectivity index (χ4v) is 2.01. The Morgan fingerprint density at radius 2 is 2.05 bits per heavy atom. The van der Waals surface area contributed by atoms with Gasteiger partial charge in [0.2, 0.25) is 0 Å². The van der Waals surface area contributed by atoms with Crippen LogP contribution in [0.25, 0.3) is 0 Å². The molecule has 1 aliphatic rings. The summed E-state index contributed by atoms with van der Waals surface area (Å²) in [5.41, 5.74) is -0.725. The average molecular weight is 298 g/mol. The highest BCUT2D eigenvalue weighted by Gasteiger charge is 2.32. The molecule has 1 aromatic rings. The number of hydrogen-bond acceptors (Lipinski definition) is 3. The van der Waals surface area contributed by atoms with E-state index in [1.807, 2.05) is 0 Å². The van der Waals surface area contributed by atoms with E-state index in [9.17, 15) is 23.1 Å². The van der Waals surface area contributed by atoms with E-state index >= 15 is 0 Å². The first kappa shape index (κ1) is 15.1. The second kappa shape index (κ2) is 5.59. The summed E-state index contributed by atoms with van der Waals surface area (Å²) in [4.78, 5) is 16.8. The second-order valence-electron chi connectivity index (χ2n) is 4.65. The third-order valence-corrected chi connectivity index (χ3v) is 3.08. The van der Waals surface area contributed by atoms with Crippen LogP contribution in [0.5, 0.6) is 0 Å². The lowest BCUT2D eigenvalue weighted by Crippen LogP contribution is -2.22. The van der Waals surface area contributed by atoms with Gasteiger partial charge >= 0.3 is 6.18 Å². The molecule has 0 saturated heterocycles. The van der Waals surface area contributed by atoms with E-state index in [4.69, 9.17) is 0 Å². The highest BCUT2D eigenvalue weighted by molar-refractivity contribution is 6.14. The Kier molecular flexibility index (Phi) is 4.02. The number of carbonyl (C=O) groups is 1. The number of amides is 1. The molecule has 0 saturated carbocycles. The van der Waals surface area contributed by atoms with Gasteiger partial charge in [-0.2, -0.15) is 13.2 Å². The summed E-state index contributed by atoms with van der Waals surface area (Å²) in [6.45, 7) is -0.136. The Hall–Kier alpha value is -2.31. The monoisotopic (exact) mass is 298 g/mol. The summed E-state index contributed by atoms with van der Waals surface area (Å²) >= 11 is 0. The van der Waals surface area contributed by atoms with Gasteiger partial charge in [-0.3, -0.25) is 9.79 Å². The van der Waals surface area contributed by atoms with E-state index in [-0.39, 0.29) is 30.0 Å². The van der Waals surface area contributed by atoms with Crippen LogP contribution in [0.4, 0.5) is 13.2 Å². The van der Waals surface area contributed by atoms with Gasteiger partial charge in [0.1, 0.15) is 5.76 Å². The van der Waals surface area contributed by atoms with Gasteiger partial charge in [-0.1, -0.05) is 18.2 Å². The van der Waals surface area contributed by atoms with Gasteiger partial charge < -0.3 is 10.0 Å². The summed E-state index contributed by atoms with van der Waals surface area (Å²) in [6, 6.07) is 5.11. The highest BCUT2D eigenvalue weighted by Crippen LogP contribution is 2.32. The molecule has 7 heteroatoms. The molecule has 0 unspecified atom stereocenters. The lowest BCUT2D eigenvalue weighted by Gasteiger charge is -2.10. The van der Waals surface area contributed by atoms with E-state index in [0.29, 0.717) is 0 Å². The zero-order valence-corrected chi connectivity index (χ0v) is 11.2. The molecule has 0 bridgehead atoms. The van der Waals surface area contributed by atoms with Gasteiger partial charge in [0, 0.05) is 13.3 Å². The van der Waals surface area contributed by atoms with Gasteiger partial charge in [-0.05, 0) is 11.6 Å². The summed E-state index contributed by atoms with van der Waals surface area (Å²) in [7, 11) is 1.51. The predicted molar refractivity (Wildman–Crippen MR) is 70.9 cm³/mol.